The van der Waals surface area contributed by atoms with Gasteiger partial charge in [0, 0.05) is 6.54 Å². The SMILES string of the molecule is CCS(=O)(=O)NC(CCSC)C(=O)NCC(C)O. The molecule has 0 spiro atoms. The van der Waals surface area contributed by atoms with E-state index >= 15 is 0 Å². The van der Waals surface area contributed by atoms with Crippen LogP contribution < -0.4 is 10.0 Å². The van der Waals surface area contributed by atoms with Crippen LogP contribution in [0.4, 0.5) is 0 Å². The lowest BCUT2D eigenvalue weighted by Crippen LogP contribution is -2.48. The Morgan fingerprint density at radius 2 is 2.06 bits per heavy atom. The molecule has 0 aliphatic carbocycles. The second-order valence-corrected chi connectivity index (χ2v) is 6.98. The van der Waals surface area contributed by atoms with Crippen LogP contribution >= 0.6 is 11.8 Å². The van der Waals surface area contributed by atoms with E-state index in [4.69, 9.17) is 5.11 Å². The minimum Gasteiger partial charge on any atom is -0.392 e. The third-order valence-electron chi connectivity index (χ3n) is 2.20. The van der Waals surface area contributed by atoms with Gasteiger partial charge in [-0.25, -0.2) is 13.1 Å². The van der Waals surface area contributed by atoms with Crippen molar-refractivity contribution in [2.45, 2.75) is 32.4 Å². The minimum absolute atomic E-state index is 0.0630. The molecule has 0 aromatic rings. The number of nitrogens with one attached hydrogen (secondary N) is 2. The lowest BCUT2D eigenvalue weighted by molar-refractivity contribution is -0.123. The molecule has 0 radical (unpaired) electrons. The third-order valence-corrected chi connectivity index (χ3v) is 4.25. The summed E-state index contributed by atoms with van der Waals surface area (Å²) in [4.78, 5) is 11.8. The van der Waals surface area contributed by atoms with Crippen molar-refractivity contribution in [3.05, 3.63) is 0 Å². The number of rotatable bonds is 9. The molecule has 0 rings (SSSR count). The lowest BCUT2D eigenvalue weighted by atomic mass is 10.2. The van der Waals surface area contributed by atoms with Crippen LogP contribution in [0, 0.1) is 0 Å². The highest BCUT2D eigenvalue weighted by Gasteiger charge is 2.22. The summed E-state index contributed by atoms with van der Waals surface area (Å²) in [6.07, 6.45) is 1.66. The first-order chi connectivity index (χ1) is 8.32. The summed E-state index contributed by atoms with van der Waals surface area (Å²) < 4.78 is 25.3. The Kier molecular flexibility index (Phi) is 8.58. The molecule has 1 amide bonds. The van der Waals surface area contributed by atoms with Crippen molar-refractivity contribution in [3.63, 3.8) is 0 Å². The van der Waals surface area contributed by atoms with E-state index in [-0.39, 0.29) is 12.3 Å². The quantitative estimate of drug-likeness (QED) is 0.535. The van der Waals surface area contributed by atoms with Crippen LogP contribution in [0.5, 0.6) is 0 Å². The molecule has 8 heteroatoms. The molecule has 6 nitrogen and oxygen atoms in total. The Balaban J connectivity index is 4.51. The molecule has 0 saturated heterocycles. The van der Waals surface area contributed by atoms with Crippen LogP contribution in [0.25, 0.3) is 0 Å². The molecule has 3 N–H and O–H groups in total. The summed E-state index contributed by atoms with van der Waals surface area (Å²) in [5.74, 6) is 0.216. The zero-order chi connectivity index (χ0) is 14.2. The third kappa shape index (κ3) is 7.91. The Labute approximate surface area is 113 Å². The van der Waals surface area contributed by atoms with Crippen LogP contribution in [-0.4, -0.2) is 55.9 Å². The highest BCUT2D eigenvalue weighted by atomic mass is 32.2. The number of aliphatic hydroxyl groups excluding tert-OH is 1. The van der Waals surface area contributed by atoms with Gasteiger partial charge in [-0.05, 0) is 32.3 Å². The number of thioether (sulfide) groups is 1. The molecule has 108 valence electrons. The van der Waals surface area contributed by atoms with Gasteiger partial charge in [-0.1, -0.05) is 0 Å². The number of hydrogen-bond donors (Lipinski definition) is 3. The van der Waals surface area contributed by atoms with Crippen LogP contribution in [-0.2, 0) is 14.8 Å². The fraction of sp³-hybridized carbons (Fsp3) is 0.900. The first-order valence-electron chi connectivity index (χ1n) is 5.77. The first-order valence-corrected chi connectivity index (χ1v) is 8.81. The van der Waals surface area contributed by atoms with Gasteiger partial charge in [0.25, 0.3) is 0 Å². The van der Waals surface area contributed by atoms with Crippen molar-refractivity contribution in [1.82, 2.24) is 10.0 Å². The molecule has 0 aromatic heterocycles. The number of sulfonamides is 1. The molecule has 0 aliphatic rings. The van der Waals surface area contributed by atoms with Crippen molar-refractivity contribution >= 4 is 27.7 Å². The Bertz CT molecular complexity index is 344. The summed E-state index contributed by atoms with van der Waals surface area (Å²) >= 11 is 1.54. The van der Waals surface area contributed by atoms with Crippen LogP contribution in [0.2, 0.25) is 0 Å². The van der Waals surface area contributed by atoms with Crippen LogP contribution in [0.3, 0.4) is 0 Å². The van der Waals surface area contributed by atoms with Gasteiger partial charge in [-0.15, -0.1) is 0 Å². The summed E-state index contributed by atoms with van der Waals surface area (Å²) in [7, 11) is -3.42. The largest absolute Gasteiger partial charge is 0.392 e. The van der Waals surface area contributed by atoms with E-state index in [0.29, 0.717) is 12.2 Å². The van der Waals surface area contributed by atoms with Crippen molar-refractivity contribution in [2.24, 2.45) is 0 Å². The van der Waals surface area contributed by atoms with Gasteiger partial charge in [0.15, 0.2) is 0 Å². The van der Waals surface area contributed by atoms with Gasteiger partial charge in [0.2, 0.25) is 15.9 Å². The van der Waals surface area contributed by atoms with Crippen molar-refractivity contribution in [3.8, 4) is 0 Å². The first kappa shape index (κ1) is 17.7. The fourth-order valence-corrected chi connectivity index (χ4v) is 2.45. The second kappa shape index (κ2) is 8.73. The molecule has 0 aliphatic heterocycles. The monoisotopic (exact) mass is 298 g/mol. The summed E-state index contributed by atoms with van der Waals surface area (Å²) in [5.41, 5.74) is 0. The van der Waals surface area contributed by atoms with Crippen molar-refractivity contribution in [1.29, 1.82) is 0 Å². The van der Waals surface area contributed by atoms with E-state index in [1.54, 1.807) is 18.7 Å². The van der Waals surface area contributed by atoms with Gasteiger partial charge >= 0.3 is 0 Å². The molecular formula is C10H22N2O4S2. The summed E-state index contributed by atoms with van der Waals surface area (Å²) in [5, 5.41) is 11.6. The average Bonchev–Trinajstić information content (AvgIpc) is 2.31. The maximum absolute atomic E-state index is 11.8. The standard InChI is InChI=1S/C10H22N2O4S2/c1-4-18(15,16)12-9(5-6-17-3)10(14)11-7-8(2)13/h8-9,12-13H,4-7H2,1-3H3,(H,11,14). The topological polar surface area (TPSA) is 95.5 Å². The summed E-state index contributed by atoms with van der Waals surface area (Å²) in [6.45, 7) is 3.18. The molecule has 0 fully saturated rings. The van der Waals surface area contributed by atoms with Gasteiger partial charge < -0.3 is 10.4 Å². The molecule has 0 aromatic carbocycles. The molecule has 0 saturated carbocycles. The predicted octanol–water partition coefficient (Wildman–Crippen LogP) is -0.456. The highest BCUT2D eigenvalue weighted by Crippen LogP contribution is 2.03. The molecule has 0 bridgehead atoms. The maximum atomic E-state index is 11.8. The molecule has 2 unspecified atom stereocenters. The van der Waals surface area contributed by atoms with E-state index in [9.17, 15) is 13.2 Å². The average molecular weight is 298 g/mol. The van der Waals surface area contributed by atoms with Crippen LogP contribution in [0.15, 0.2) is 0 Å². The Morgan fingerprint density at radius 1 is 1.44 bits per heavy atom. The normalized spacial score (nSPS) is 15.1. The maximum Gasteiger partial charge on any atom is 0.238 e. The molecule has 2 atom stereocenters. The lowest BCUT2D eigenvalue weighted by Gasteiger charge is -2.18. The van der Waals surface area contributed by atoms with Gasteiger partial charge in [-0.3, -0.25) is 4.79 Å². The van der Waals surface area contributed by atoms with Crippen molar-refractivity contribution in [2.75, 3.05) is 24.3 Å². The molecule has 0 heterocycles. The zero-order valence-electron chi connectivity index (χ0n) is 11.0. The number of hydrogen-bond acceptors (Lipinski definition) is 5. The van der Waals surface area contributed by atoms with Gasteiger partial charge in [0.05, 0.1) is 11.9 Å². The Morgan fingerprint density at radius 3 is 2.50 bits per heavy atom. The highest BCUT2D eigenvalue weighted by molar-refractivity contribution is 7.98. The van der Waals surface area contributed by atoms with E-state index < -0.39 is 28.1 Å². The zero-order valence-corrected chi connectivity index (χ0v) is 12.6. The molecule has 18 heavy (non-hydrogen) atoms. The number of carbonyl (C=O) groups excluding carboxylic acids is 1. The molecular weight excluding hydrogens is 276 g/mol. The Hall–Kier alpha value is -0.310. The second-order valence-electron chi connectivity index (χ2n) is 3.95. The predicted molar refractivity (Wildman–Crippen MR) is 74.1 cm³/mol. The minimum atomic E-state index is -3.42. The van der Waals surface area contributed by atoms with Gasteiger partial charge in [-0.2, -0.15) is 11.8 Å². The fourth-order valence-electron chi connectivity index (χ4n) is 1.15. The number of carbonyl (C=O) groups is 1. The summed E-state index contributed by atoms with van der Waals surface area (Å²) in [6, 6.07) is -0.777. The van der Waals surface area contributed by atoms with E-state index in [1.807, 2.05) is 6.26 Å². The van der Waals surface area contributed by atoms with Gasteiger partial charge in [0.1, 0.15) is 6.04 Å². The van der Waals surface area contributed by atoms with Crippen molar-refractivity contribution < 1.29 is 18.3 Å². The van der Waals surface area contributed by atoms with E-state index in [0.717, 1.165) is 0 Å². The van der Waals surface area contributed by atoms with E-state index in [2.05, 4.69) is 10.0 Å². The van der Waals surface area contributed by atoms with E-state index in [1.165, 1.54) is 6.92 Å². The number of aliphatic hydroxyl groups is 1. The number of amides is 1. The smallest absolute Gasteiger partial charge is 0.238 e. The van der Waals surface area contributed by atoms with Crippen LogP contribution in [0.1, 0.15) is 20.3 Å².